The number of amides is 2. The van der Waals surface area contributed by atoms with Crippen LogP contribution in [0.15, 0.2) is 12.1 Å². The number of fused-ring (bicyclic) bond motifs is 1. The Morgan fingerprint density at radius 3 is 2.90 bits per heavy atom. The molecule has 1 aromatic carbocycles. The number of rotatable bonds is 3. The van der Waals surface area contributed by atoms with Crippen molar-refractivity contribution in [1.29, 1.82) is 0 Å². The fraction of sp³-hybridized carbons (Fsp3) is 0.533. The van der Waals surface area contributed by atoms with E-state index in [2.05, 4.69) is 5.32 Å². The Hall–Kier alpha value is -1.46. The molecule has 0 unspecified atom stereocenters. The fourth-order valence-electron chi connectivity index (χ4n) is 3.04. The van der Waals surface area contributed by atoms with Crippen LogP contribution >= 0.6 is 11.6 Å². The van der Waals surface area contributed by atoms with Crippen LogP contribution in [0, 0.1) is 0 Å². The number of hydrogen-bond acceptors (Lipinski definition) is 3. The summed E-state index contributed by atoms with van der Waals surface area (Å²) in [6.45, 7) is 2.91. The molecule has 1 fully saturated rings. The van der Waals surface area contributed by atoms with Gasteiger partial charge in [-0.15, -0.1) is 0 Å². The Kier molecular flexibility index (Phi) is 4.22. The second-order valence-electron chi connectivity index (χ2n) is 5.63. The zero-order valence-electron chi connectivity index (χ0n) is 11.9. The summed E-state index contributed by atoms with van der Waals surface area (Å²) in [5.41, 5.74) is 7.61. The van der Waals surface area contributed by atoms with Crippen molar-refractivity contribution in [3.8, 4) is 5.75 Å². The van der Waals surface area contributed by atoms with E-state index < -0.39 is 0 Å². The van der Waals surface area contributed by atoms with Crippen molar-refractivity contribution in [2.24, 2.45) is 5.73 Å². The van der Waals surface area contributed by atoms with Crippen molar-refractivity contribution in [1.82, 2.24) is 10.2 Å². The van der Waals surface area contributed by atoms with Gasteiger partial charge in [-0.1, -0.05) is 11.6 Å². The van der Waals surface area contributed by atoms with Crippen LogP contribution in [0.2, 0.25) is 5.02 Å². The Labute approximate surface area is 129 Å². The van der Waals surface area contributed by atoms with Crippen LogP contribution in [0.5, 0.6) is 5.75 Å². The molecule has 0 aliphatic carbocycles. The van der Waals surface area contributed by atoms with Gasteiger partial charge in [0, 0.05) is 42.7 Å². The summed E-state index contributed by atoms with van der Waals surface area (Å²) in [7, 11) is 0. The zero-order chi connectivity index (χ0) is 14.8. The van der Waals surface area contributed by atoms with Crippen LogP contribution in [0.25, 0.3) is 0 Å². The van der Waals surface area contributed by atoms with E-state index in [0.29, 0.717) is 6.04 Å². The van der Waals surface area contributed by atoms with Crippen LogP contribution in [-0.4, -0.2) is 36.7 Å². The minimum Gasteiger partial charge on any atom is -0.493 e. The predicted octanol–water partition coefficient (Wildman–Crippen LogP) is 1.91. The average molecular weight is 310 g/mol. The molecule has 3 N–H and O–H groups in total. The van der Waals surface area contributed by atoms with Crippen LogP contribution in [0.1, 0.15) is 24.0 Å². The lowest BCUT2D eigenvalue weighted by Crippen LogP contribution is -2.46. The minimum absolute atomic E-state index is 0.325. The Morgan fingerprint density at radius 1 is 1.43 bits per heavy atom. The second-order valence-corrected chi connectivity index (χ2v) is 6.07. The summed E-state index contributed by atoms with van der Waals surface area (Å²) < 4.78 is 5.70. The van der Waals surface area contributed by atoms with Crippen molar-refractivity contribution >= 4 is 17.6 Å². The minimum atomic E-state index is -0.325. The quantitative estimate of drug-likeness (QED) is 0.896. The first kappa shape index (κ1) is 14.5. The first-order chi connectivity index (χ1) is 10.1. The SMILES string of the molecule is NC(=O)N1CCC(NCc2cc(Cl)cc3c2OCC3)CC1. The molecule has 3 rings (SSSR count). The molecule has 0 bridgehead atoms. The number of benzene rings is 1. The van der Waals surface area contributed by atoms with Crippen LogP contribution in [0.3, 0.4) is 0 Å². The molecule has 21 heavy (non-hydrogen) atoms. The van der Waals surface area contributed by atoms with Crippen LogP contribution in [-0.2, 0) is 13.0 Å². The number of hydrogen-bond donors (Lipinski definition) is 2. The predicted molar refractivity (Wildman–Crippen MR) is 81.7 cm³/mol. The molecule has 2 amide bonds. The summed E-state index contributed by atoms with van der Waals surface area (Å²) in [6.07, 6.45) is 2.78. The Balaban J connectivity index is 1.58. The number of piperidine rings is 1. The summed E-state index contributed by atoms with van der Waals surface area (Å²) >= 11 is 6.16. The fourth-order valence-corrected chi connectivity index (χ4v) is 3.30. The average Bonchev–Trinajstić information content (AvgIpc) is 2.93. The maximum Gasteiger partial charge on any atom is 0.314 e. The standard InChI is InChI=1S/C15H20ClN3O2/c16-12-7-10-3-6-21-14(10)11(8-12)9-18-13-1-4-19(5-2-13)15(17)20/h7-8,13,18H,1-6,9H2,(H2,17,20). The van der Waals surface area contributed by atoms with E-state index in [1.807, 2.05) is 12.1 Å². The monoisotopic (exact) mass is 309 g/mol. The van der Waals surface area contributed by atoms with E-state index in [9.17, 15) is 4.79 Å². The molecule has 1 aromatic rings. The number of halogens is 1. The number of carbonyl (C=O) groups is 1. The van der Waals surface area contributed by atoms with Gasteiger partial charge in [0.25, 0.3) is 0 Å². The number of likely N-dealkylation sites (tertiary alicyclic amines) is 1. The lowest BCUT2D eigenvalue weighted by atomic mass is 10.0. The Bertz CT molecular complexity index is 542. The van der Waals surface area contributed by atoms with E-state index in [1.165, 1.54) is 5.56 Å². The number of nitrogens with two attached hydrogens (primary N) is 1. The highest BCUT2D eigenvalue weighted by atomic mass is 35.5. The molecule has 114 valence electrons. The molecule has 0 saturated carbocycles. The molecule has 0 spiro atoms. The highest BCUT2D eigenvalue weighted by Crippen LogP contribution is 2.32. The van der Waals surface area contributed by atoms with E-state index in [1.54, 1.807) is 4.90 Å². The number of ether oxygens (including phenoxy) is 1. The molecular formula is C15H20ClN3O2. The number of nitrogens with one attached hydrogen (secondary N) is 1. The molecule has 5 nitrogen and oxygen atoms in total. The first-order valence-electron chi connectivity index (χ1n) is 7.35. The van der Waals surface area contributed by atoms with Gasteiger partial charge in [0.15, 0.2) is 0 Å². The number of urea groups is 1. The van der Waals surface area contributed by atoms with Crippen LogP contribution in [0.4, 0.5) is 4.79 Å². The molecule has 2 aliphatic rings. The van der Waals surface area contributed by atoms with Gasteiger partial charge in [-0.25, -0.2) is 4.79 Å². The van der Waals surface area contributed by atoms with E-state index in [-0.39, 0.29) is 6.03 Å². The normalized spacial score (nSPS) is 18.4. The maximum absolute atomic E-state index is 11.1. The van der Waals surface area contributed by atoms with Crippen molar-refractivity contribution in [2.75, 3.05) is 19.7 Å². The van der Waals surface area contributed by atoms with Gasteiger partial charge >= 0.3 is 6.03 Å². The van der Waals surface area contributed by atoms with Gasteiger partial charge in [-0.05, 0) is 30.5 Å². The second kappa shape index (κ2) is 6.12. The van der Waals surface area contributed by atoms with Gasteiger partial charge < -0.3 is 20.7 Å². The largest absolute Gasteiger partial charge is 0.493 e. The molecule has 0 radical (unpaired) electrons. The summed E-state index contributed by atoms with van der Waals surface area (Å²) in [6, 6.07) is 4.03. The Morgan fingerprint density at radius 2 is 2.19 bits per heavy atom. The zero-order valence-corrected chi connectivity index (χ0v) is 12.7. The van der Waals surface area contributed by atoms with E-state index >= 15 is 0 Å². The number of primary amides is 1. The molecular weight excluding hydrogens is 290 g/mol. The van der Waals surface area contributed by atoms with Crippen LogP contribution < -0.4 is 15.8 Å². The summed E-state index contributed by atoms with van der Waals surface area (Å²) in [4.78, 5) is 12.8. The van der Waals surface area contributed by atoms with E-state index in [4.69, 9.17) is 22.1 Å². The van der Waals surface area contributed by atoms with E-state index in [0.717, 1.165) is 61.8 Å². The lowest BCUT2D eigenvalue weighted by molar-refractivity contribution is 0.185. The third kappa shape index (κ3) is 3.24. The molecule has 0 aromatic heterocycles. The topological polar surface area (TPSA) is 67.6 Å². The molecule has 2 aliphatic heterocycles. The van der Waals surface area contributed by atoms with Crippen molar-refractivity contribution in [2.45, 2.75) is 31.8 Å². The van der Waals surface area contributed by atoms with Gasteiger partial charge in [0.1, 0.15) is 5.75 Å². The van der Waals surface area contributed by atoms with Crippen molar-refractivity contribution in [3.63, 3.8) is 0 Å². The third-order valence-electron chi connectivity index (χ3n) is 4.21. The highest BCUT2D eigenvalue weighted by Gasteiger charge is 2.22. The van der Waals surface area contributed by atoms with Crippen molar-refractivity contribution in [3.05, 3.63) is 28.3 Å². The van der Waals surface area contributed by atoms with Gasteiger partial charge in [-0.2, -0.15) is 0 Å². The van der Waals surface area contributed by atoms with Gasteiger partial charge in [0.2, 0.25) is 0 Å². The molecule has 1 saturated heterocycles. The third-order valence-corrected chi connectivity index (χ3v) is 4.43. The van der Waals surface area contributed by atoms with Crippen molar-refractivity contribution < 1.29 is 9.53 Å². The van der Waals surface area contributed by atoms with Gasteiger partial charge in [-0.3, -0.25) is 0 Å². The maximum atomic E-state index is 11.1. The number of carbonyl (C=O) groups excluding carboxylic acids is 1. The summed E-state index contributed by atoms with van der Waals surface area (Å²) in [5, 5.41) is 4.30. The number of nitrogens with zero attached hydrogens (tertiary/aromatic N) is 1. The lowest BCUT2D eigenvalue weighted by Gasteiger charge is -2.31. The van der Waals surface area contributed by atoms with Gasteiger partial charge in [0.05, 0.1) is 6.61 Å². The highest BCUT2D eigenvalue weighted by molar-refractivity contribution is 6.30. The first-order valence-corrected chi connectivity index (χ1v) is 7.73. The molecule has 6 heteroatoms. The smallest absolute Gasteiger partial charge is 0.314 e. The molecule has 0 atom stereocenters. The molecule has 2 heterocycles. The summed E-state index contributed by atoms with van der Waals surface area (Å²) in [5.74, 6) is 0.987.